The van der Waals surface area contributed by atoms with Gasteiger partial charge in [-0.25, -0.2) is 0 Å². The molecule has 0 fully saturated rings. The molecule has 0 bridgehead atoms. The summed E-state index contributed by atoms with van der Waals surface area (Å²) in [5, 5.41) is 17.0. The molecular formula is C6H13KO3. The summed E-state index contributed by atoms with van der Waals surface area (Å²) in [7, 11) is 0. The van der Waals surface area contributed by atoms with Gasteiger partial charge in [-0.3, -0.25) is 0 Å². The molecule has 56 valence electrons. The van der Waals surface area contributed by atoms with Crippen LogP contribution in [0.4, 0.5) is 0 Å². The summed E-state index contributed by atoms with van der Waals surface area (Å²) < 4.78 is 4.81. The summed E-state index contributed by atoms with van der Waals surface area (Å²) in [4.78, 5) is 0. The van der Waals surface area contributed by atoms with E-state index in [1.807, 2.05) is 0 Å². The standard InChI is InChI=1S/C6H12O3.K.H/c1-2-3-9-5-6(8)4-7;;/h2,6-8H,1,3-5H2;;. The zero-order valence-electron chi connectivity index (χ0n) is 5.29. The number of ether oxygens (including phenoxy) is 1. The molecular weight excluding hydrogens is 159 g/mol. The molecule has 0 aromatic heterocycles. The number of aliphatic hydroxyl groups is 2. The SMILES string of the molecule is C=CCOCC(O)CO.[KH]. The van der Waals surface area contributed by atoms with Crippen LogP contribution in [0.5, 0.6) is 0 Å². The van der Waals surface area contributed by atoms with Crippen LogP contribution in [0.15, 0.2) is 12.7 Å². The van der Waals surface area contributed by atoms with Crippen LogP contribution in [0.25, 0.3) is 0 Å². The van der Waals surface area contributed by atoms with Gasteiger partial charge >= 0.3 is 51.4 Å². The number of aliphatic hydroxyl groups excluding tert-OH is 2. The van der Waals surface area contributed by atoms with Gasteiger partial charge in [-0.15, -0.1) is 6.58 Å². The van der Waals surface area contributed by atoms with Crippen LogP contribution >= 0.6 is 0 Å². The molecule has 1 unspecified atom stereocenters. The Morgan fingerprint density at radius 1 is 1.60 bits per heavy atom. The van der Waals surface area contributed by atoms with Crippen LogP contribution < -0.4 is 0 Å². The van der Waals surface area contributed by atoms with Gasteiger partial charge in [0.2, 0.25) is 0 Å². The third-order valence-electron chi connectivity index (χ3n) is 0.757. The van der Waals surface area contributed by atoms with E-state index in [-0.39, 0.29) is 64.6 Å². The van der Waals surface area contributed by atoms with Crippen LogP contribution in [0, 0.1) is 0 Å². The maximum absolute atomic E-state index is 8.68. The summed E-state index contributed by atoms with van der Waals surface area (Å²) >= 11 is 0. The van der Waals surface area contributed by atoms with Gasteiger partial charge in [0, 0.05) is 0 Å². The quantitative estimate of drug-likeness (QED) is 0.314. The second-order valence-corrected chi connectivity index (χ2v) is 1.66. The minimum absolute atomic E-state index is 0. The van der Waals surface area contributed by atoms with Crippen molar-refractivity contribution in [2.45, 2.75) is 6.10 Å². The molecule has 0 spiro atoms. The first-order chi connectivity index (χ1) is 4.31. The van der Waals surface area contributed by atoms with E-state index in [1.54, 1.807) is 6.08 Å². The average Bonchev–Trinajstić information content (AvgIpc) is 1.89. The van der Waals surface area contributed by atoms with Gasteiger partial charge in [-0.1, -0.05) is 6.08 Å². The summed E-state index contributed by atoms with van der Waals surface area (Å²) in [5.74, 6) is 0. The van der Waals surface area contributed by atoms with Gasteiger partial charge in [0.15, 0.2) is 0 Å². The van der Waals surface area contributed by atoms with Crippen LogP contribution in [0.1, 0.15) is 0 Å². The Balaban J connectivity index is 0. The van der Waals surface area contributed by atoms with Crippen LogP contribution in [-0.2, 0) is 4.74 Å². The molecule has 1 atom stereocenters. The van der Waals surface area contributed by atoms with E-state index in [4.69, 9.17) is 14.9 Å². The number of rotatable bonds is 5. The van der Waals surface area contributed by atoms with Gasteiger partial charge in [0.25, 0.3) is 0 Å². The van der Waals surface area contributed by atoms with E-state index < -0.39 is 6.10 Å². The second kappa shape index (κ2) is 10.3. The van der Waals surface area contributed by atoms with Crippen molar-refractivity contribution < 1.29 is 14.9 Å². The molecule has 3 nitrogen and oxygen atoms in total. The fraction of sp³-hybridized carbons (Fsp3) is 0.667. The third-order valence-corrected chi connectivity index (χ3v) is 0.757. The number of hydrogen-bond acceptors (Lipinski definition) is 3. The fourth-order valence-electron chi connectivity index (χ4n) is 0.340. The van der Waals surface area contributed by atoms with Crippen molar-refractivity contribution in [2.24, 2.45) is 0 Å². The van der Waals surface area contributed by atoms with Gasteiger partial charge in [0.1, 0.15) is 6.10 Å². The predicted octanol–water partition coefficient (Wildman–Crippen LogP) is -1.11. The van der Waals surface area contributed by atoms with Crippen molar-refractivity contribution in [3.05, 3.63) is 12.7 Å². The molecule has 0 radical (unpaired) electrons. The first-order valence-electron chi connectivity index (χ1n) is 2.78. The Kier molecular flexibility index (Phi) is 14.2. The molecule has 0 aliphatic rings. The van der Waals surface area contributed by atoms with Gasteiger partial charge in [0.05, 0.1) is 19.8 Å². The van der Waals surface area contributed by atoms with Crippen molar-refractivity contribution in [2.75, 3.05) is 19.8 Å². The Bertz CT molecular complexity index is 77.4. The molecule has 0 saturated heterocycles. The molecule has 0 aliphatic carbocycles. The molecule has 10 heavy (non-hydrogen) atoms. The summed E-state index contributed by atoms with van der Waals surface area (Å²) in [6.07, 6.45) is 0.828. The molecule has 4 heteroatoms. The van der Waals surface area contributed by atoms with E-state index in [1.165, 1.54) is 0 Å². The average molecular weight is 172 g/mol. The Morgan fingerprint density at radius 3 is 2.60 bits per heavy atom. The normalized spacial score (nSPS) is 11.8. The van der Waals surface area contributed by atoms with E-state index >= 15 is 0 Å². The van der Waals surface area contributed by atoms with Crippen molar-refractivity contribution in [3.8, 4) is 0 Å². The van der Waals surface area contributed by atoms with Crippen molar-refractivity contribution >= 4 is 51.4 Å². The monoisotopic (exact) mass is 172 g/mol. The molecule has 0 saturated carbocycles. The van der Waals surface area contributed by atoms with Gasteiger partial charge < -0.3 is 14.9 Å². The third kappa shape index (κ3) is 9.26. The maximum atomic E-state index is 8.68. The first-order valence-corrected chi connectivity index (χ1v) is 2.78. The summed E-state index contributed by atoms with van der Waals surface area (Å²) in [6, 6.07) is 0. The zero-order valence-corrected chi connectivity index (χ0v) is 5.29. The predicted molar refractivity (Wildman–Crippen MR) is 41.3 cm³/mol. The summed E-state index contributed by atoms with van der Waals surface area (Å²) in [5.41, 5.74) is 0. The van der Waals surface area contributed by atoms with Crippen molar-refractivity contribution in [3.63, 3.8) is 0 Å². The van der Waals surface area contributed by atoms with E-state index in [2.05, 4.69) is 6.58 Å². The van der Waals surface area contributed by atoms with Crippen molar-refractivity contribution in [1.29, 1.82) is 0 Å². The van der Waals surface area contributed by atoms with Crippen LogP contribution in [0.2, 0.25) is 0 Å². The molecule has 0 aliphatic heterocycles. The zero-order chi connectivity index (χ0) is 7.11. The fourth-order valence-corrected chi connectivity index (χ4v) is 0.340. The summed E-state index contributed by atoms with van der Waals surface area (Å²) in [6.45, 7) is 3.74. The van der Waals surface area contributed by atoms with E-state index in [9.17, 15) is 0 Å². The Labute approximate surface area is 103 Å². The van der Waals surface area contributed by atoms with Crippen LogP contribution in [-0.4, -0.2) is 87.5 Å². The Hall–Kier alpha value is 1.26. The molecule has 0 amide bonds. The molecule has 0 heterocycles. The minimum atomic E-state index is -0.759. The van der Waals surface area contributed by atoms with E-state index in [0.29, 0.717) is 6.61 Å². The number of hydrogen-bond donors (Lipinski definition) is 2. The topological polar surface area (TPSA) is 49.7 Å². The van der Waals surface area contributed by atoms with Crippen LogP contribution in [0.3, 0.4) is 0 Å². The first kappa shape index (κ1) is 13.8. The van der Waals surface area contributed by atoms with Gasteiger partial charge in [-0.2, -0.15) is 0 Å². The molecule has 0 aromatic carbocycles. The van der Waals surface area contributed by atoms with Crippen molar-refractivity contribution in [1.82, 2.24) is 0 Å². The van der Waals surface area contributed by atoms with Gasteiger partial charge in [-0.05, 0) is 0 Å². The Morgan fingerprint density at radius 2 is 2.20 bits per heavy atom. The molecule has 2 N–H and O–H groups in total. The second-order valence-electron chi connectivity index (χ2n) is 1.66. The molecule has 0 aromatic rings. The van der Waals surface area contributed by atoms with E-state index in [0.717, 1.165) is 0 Å². The molecule has 0 rings (SSSR count).